The van der Waals surface area contributed by atoms with E-state index in [1.807, 2.05) is 0 Å². The second-order valence-corrected chi connectivity index (χ2v) is 19.8. The first-order valence-electron chi connectivity index (χ1n) is 28.2. The van der Waals surface area contributed by atoms with Gasteiger partial charge in [0.1, 0.15) is 6.61 Å². The zero-order valence-electron chi connectivity index (χ0n) is 44.4. The molecule has 1 unspecified atom stereocenters. The number of methoxy groups -OCH3 is 1. The highest BCUT2D eigenvalue weighted by Crippen LogP contribution is 2.53. The van der Waals surface area contributed by atoms with Crippen molar-refractivity contribution in [1.29, 1.82) is 0 Å². The summed E-state index contributed by atoms with van der Waals surface area (Å²) >= 11 is 0. The van der Waals surface area contributed by atoms with E-state index < -0.39 is 59.9 Å². The molecule has 1 heterocycles. The van der Waals surface area contributed by atoms with E-state index in [1.165, 1.54) is 38.5 Å². The Bertz CT molecular complexity index is 1330. The third kappa shape index (κ3) is 24.3. The Labute approximate surface area is 418 Å². The molecule has 0 aliphatic carbocycles. The quantitative estimate of drug-likeness (QED) is 0.0194. The average molecular weight is 987 g/mol. The molecule has 4 N–H and O–H groups in total. The maximum atomic E-state index is 13.9. The molecule has 406 valence electrons. The van der Waals surface area contributed by atoms with E-state index in [0.29, 0.717) is 51.4 Å². The van der Waals surface area contributed by atoms with Crippen molar-refractivity contribution in [2.75, 3.05) is 13.7 Å². The lowest BCUT2D eigenvalue weighted by atomic mass is 9.84. The number of rotatable bonds is 46. The van der Waals surface area contributed by atoms with Crippen molar-refractivity contribution in [3.63, 3.8) is 0 Å². The van der Waals surface area contributed by atoms with Crippen molar-refractivity contribution < 1.29 is 68.0 Å². The van der Waals surface area contributed by atoms with Crippen LogP contribution in [0, 0.1) is 0 Å². The lowest BCUT2D eigenvalue weighted by molar-refractivity contribution is -0.577. The monoisotopic (exact) mass is 987 g/mol. The number of hydrogen-bond donors (Lipinski definition) is 4. The lowest BCUT2D eigenvalue weighted by Crippen LogP contribution is -2.88. The highest BCUT2D eigenvalue weighted by atomic mass is 16.9. The molecule has 14 heteroatoms. The molecule has 1 aliphatic heterocycles. The van der Waals surface area contributed by atoms with Gasteiger partial charge in [0.2, 0.25) is 6.29 Å². The van der Waals surface area contributed by atoms with Crippen LogP contribution in [0.4, 0.5) is 0 Å². The topological polar surface area (TPSA) is 205 Å². The molecule has 0 radical (unpaired) electrons. The maximum absolute atomic E-state index is 13.9. The molecule has 5 atom stereocenters. The summed E-state index contributed by atoms with van der Waals surface area (Å²) in [7, 11) is 1.00. The molecule has 1 fully saturated rings. The smallest absolute Gasteiger partial charge is 0.356 e. The van der Waals surface area contributed by atoms with Crippen LogP contribution < -0.4 is 0 Å². The van der Waals surface area contributed by atoms with Gasteiger partial charge in [-0.1, -0.05) is 233 Å². The van der Waals surface area contributed by atoms with Crippen LogP contribution in [-0.2, 0) is 47.6 Å². The zero-order chi connectivity index (χ0) is 51.1. The summed E-state index contributed by atoms with van der Waals surface area (Å²) in [6, 6.07) is 0. The molecule has 0 amide bonds. The first-order valence-corrected chi connectivity index (χ1v) is 28.2. The molecule has 1 saturated heterocycles. The van der Waals surface area contributed by atoms with E-state index in [-0.39, 0.29) is 25.7 Å². The van der Waals surface area contributed by atoms with Gasteiger partial charge in [-0.2, -0.15) is 0 Å². The van der Waals surface area contributed by atoms with Crippen LogP contribution in [0.2, 0.25) is 0 Å². The Morgan fingerprint density at radius 1 is 0.377 bits per heavy atom. The number of aliphatic hydroxyl groups excluding tert-OH is 1. The molecule has 0 aromatic carbocycles. The number of carbonyl (C=O) groups is 4. The van der Waals surface area contributed by atoms with Gasteiger partial charge in [0.25, 0.3) is 0 Å². The van der Waals surface area contributed by atoms with E-state index in [4.69, 9.17) is 28.4 Å². The minimum absolute atomic E-state index is 0.226. The molecule has 0 aromatic rings. The van der Waals surface area contributed by atoms with E-state index in [1.54, 1.807) is 0 Å². The summed E-state index contributed by atoms with van der Waals surface area (Å²) in [4.78, 5) is 55.1. The Hall–Kier alpha value is -2.36. The first-order chi connectivity index (χ1) is 33.3. The van der Waals surface area contributed by atoms with Gasteiger partial charge >= 0.3 is 47.0 Å². The van der Waals surface area contributed by atoms with E-state index in [0.717, 1.165) is 148 Å². The summed E-state index contributed by atoms with van der Waals surface area (Å²) in [6.07, 6.45) is 30.4. The van der Waals surface area contributed by atoms with Crippen LogP contribution in [0.25, 0.3) is 0 Å². The third-order valence-corrected chi connectivity index (χ3v) is 13.5. The number of esters is 4. The summed E-state index contributed by atoms with van der Waals surface area (Å²) < 4.78 is 33.8. The van der Waals surface area contributed by atoms with Crippen LogP contribution in [0.1, 0.15) is 285 Å². The SMILES string of the molecule is CCCCCCCCCCCC(=O)OC1(CO)O[C@H](OC)[C@](O)(OC(=O)CCCCCCCCCCC)[C@@](O)(OC(=O)CCCCCCCCCCC)[C@@]1(O)OC(=O)CCCCCCCCCCC. The Morgan fingerprint density at radius 2 is 0.623 bits per heavy atom. The van der Waals surface area contributed by atoms with Gasteiger partial charge in [0, 0.05) is 32.8 Å². The fraction of sp³-hybridized carbons (Fsp3) is 0.927. The number of unbranched alkanes of at least 4 members (excludes halogenated alkanes) is 32. The van der Waals surface area contributed by atoms with Gasteiger partial charge in [0.05, 0.1) is 0 Å². The third-order valence-electron chi connectivity index (χ3n) is 13.5. The maximum Gasteiger partial charge on any atom is 0.356 e. The van der Waals surface area contributed by atoms with Crippen molar-refractivity contribution >= 4 is 23.9 Å². The molecule has 14 nitrogen and oxygen atoms in total. The minimum atomic E-state index is -3.99. The van der Waals surface area contributed by atoms with Gasteiger partial charge < -0.3 is 44.1 Å². The van der Waals surface area contributed by atoms with Crippen LogP contribution in [0.5, 0.6) is 0 Å². The van der Waals surface area contributed by atoms with Crippen LogP contribution in [0.3, 0.4) is 0 Å². The van der Waals surface area contributed by atoms with Crippen molar-refractivity contribution in [3.8, 4) is 0 Å². The van der Waals surface area contributed by atoms with Gasteiger partial charge in [-0.3, -0.25) is 23.9 Å². The van der Waals surface area contributed by atoms with Gasteiger partial charge in [0.15, 0.2) is 0 Å². The average Bonchev–Trinajstić information content (AvgIpc) is 3.32. The summed E-state index contributed by atoms with van der Waals surface area (Å²) in [5, 5.41) is 49.3. The van der Waals surface area contributed by atoms with Crippen molar-refractivity contribution in [2.45, 2.75) is 314 Å². The molecule has 1 aliphatic rings. The number of aliphatic hydroxyl groups is 4. The highest BCUT2D eigenvalue weighted by Gasteiger charge is 2.87. The molecule has 0 aromatic heterocycles. The van der Waals surface area contributed by atoms with Crippen LogP contribution in [0.15, 0.2) is 0 Å². The fourth-order valence-corrected chi connectivity index (χ4v) is 9.09. The van der Waals surface area contributed by atoms with Gasteiger partial charge in [-0.05, 0) is 25.7 Å². The Morgan fingerprint density at radius 3 is 0.899 bits per heavy atom. The first kappa shape index (κ1) is 64.7. The second kappa shape index (κ2) is 39.2. The van der Waals surface area contributed by atoms with Gasteiger partial charge in [-0.15, -0.1) is 0 Å². The molecular formula is C55H102O14. The summed E-state index contributed by atoms with van der Waals surface area (Å²) in [5.41, 5.74) is 0. The fourth-order valence-electron chi connectivity index (χ4n) is 9.09. The Balaban J connectivity index is 3.53. The Kier molecular flexibility index (Phi) is 36.7. The van der Waals surface area contributed by atoms with E-state index >= 15 is 0 Å². The predicted molar refractivity (Wildman–Crippen MR) is 268 cm³/mol. The minimum Gasteiger partial charge on any atom is -0.423 e. The van der Waals surface area contributed by atoms with Crippen molar-refractivity contribution in [1.82, 2.24) is 0 Å². The normalized spacial score (nSPS) is 22.4. The molecule has 0 saturated carbocycles. The standard InChI is InChI=1S/C55H102O14/c1-6-10-14-18-22-26-30-34-38-42-47(57)65-52(46-56)54(62,67-49(59)44-40-36-32-28-24-20-16-12-8-3)55(63,68-50(60)45-41-37-33-29-25-21-17-13-9-4)53(61,51(64-5)69-52)66-48(58)43-39-35-31-27-23-19-15-11-7-2/h51,56,61-63H,6-46H2,1-5H3/t51-,52?,53-,54-,55+/m0/s1. The number of carbonyl (C=O) groups excluding carboxylic acids is 4. The lowest BCUT2D eigenvalue weighted by Gasteiger charge is -2.58. The van der Waals surface area contributed by atoms with Crippen LogP contribution >= 0.6 is 0 Å². The highest BCUT2D eigenvalue weighted by molar-refractivity contribution is 5.73. The predicted octanol–water partition coefficient (Wildman–Crippen LogP) is 12.6. The number of ether oxygens (including phenoxy) is 6. The van der Waals surface area contributed by atoms with E-state index in [2.05, 4.69) is 27.7 Å². The molecule has 0 bridgehead atoms. The van der Waals surface area contributed by atoms with Crippen LogP contribution in [-0.4, -0.2) is 87.5 Å². The summed E-state index contributed by atoms with van der Waals surface area (Å²) in [6.45, 7) is 7.16. The summed E-state index contributed by atoms with van der Waals surface area (Å²) in [5.74, 6) is -19.3. The molecular weight excluding hydrogens is 885 g/mol. The largest absolute Gasteiger partial charge is 0.423 e. The second-order valence-electron chi connectivity index (χ2n) is 19.8. The molecule has 1 rings (SSSR count). The molecule has 0 spiro atoms. The van der Waals surface area contributed by atoms with Crippen molar-refractivity contribution in [3.05, 3.63) is 0 Å². The van der Waals surface area contributed by atoms with E-state index in [9.17, 15) is 39.6 Å². The van der Waals surface area contributed by atoms with Crippen molar-refractivity contribution in [2.24, 2.45) is 0 Å². The zero-order valence-corrected chi connectivity index (χ0v) is 44.4. The molecule has 69 heavy (non-hydrogen) atoms. The van der Waals surface area contributed by atoms with Gasteiger partial charge in [-0.25, -0.2) is 0 Å². The number of hydrogen-bond acceptors (Lipinski definition) is 14.